The maximum Gasteiger partial charge on any atom is 0.255 e. The molecule has 124 valence electrons. The summed E-state index contributed by atoms with van der Waals surface area (Å²) >= 11 is 0. The molecule has 1 aromatic rings. The van der Waals surface area contributed by atoms with E-state index in [0.29, 0.717) is 23.1 Å². The first-order valence-corrected chi connectivity index (χ1v) is 8.27. The number of nitrogens with one attached hydrogen (secondary N) is 2. The van der Waals surface area contributed by atoms with Gasteiger partial charge in [-0.3, -0.25) is 9.59 Å². The van der Waals surface area contributed by atoms with Gasteiger partial charge in [0.2, 0.25) is 5.91 Å². The van der Waals surface area contributed by atoms with Crippen molar-refractivity contribution in [3.8, 4) is 0 Å². The van der Waals surface area contributed by atoms with Crippen molar-refractivity contribution in [3.63, 3.8) is 0 Å². The first-order valence-electron chi connectivity index (χ1n) is 8.27. The zero-order valence-corrected chi connectivity index (χ0v) is 14.1. The van der Waals surface area contributed by atoms with Gasteiger partial charge in [0, 0.05) is 31.6 Å². The van der Waals surface area contributed by atoms with Crippen LogP contribution in [0.1, 0.15) is 31.1 Å². The van der Waals surface area contributed by atoms with Crippen molar-refractivity contribution in [1.82, 2.24) is 10.2 Å². The van der Waals surface area contributed by atoms with Crippen LogP contribution in [0.5, 0.6) is 0 Å². The molecule has 0 radical (unpaired) electrons. The Morgan fingerprint density at radius 2 is 1.74 bits per heavy atom. The van der Waals surface area contributed by atoms with Crippen LogP contribution in [0.3, 0.4) is 0 Å². The highest BCUT2D eigenvalue weighted by Gasteiger charge is 2.38. The second kappa shape index (κ2) is 5.96. The molecule has 2 heterocycles. The second-order valence-corrected chi connectivity index (χ2v) is 7.64. The number of hydrogen-bond acceptors (Lipinski definition) is 3. The highest BCUT2D eigenvalue weighted by atomic mass is 16.2. The predicted molar refractivity (Wildman–Crippen MR) is 90.3 cm³/mol. The molecule has 0 aromatic heterocycles. The van der Waals surface area contributed by atoms with Gasteiger partial charge in [0.15, 0.2) is 0 Å². The molecule has 0 bridgehead atoms. The molecule has 2 aliphatic rings. The smallest absolute Gasteiger partial charge is 0.255 e. The topological polar surface area (TPSA) is 61.4 Å². The van der Waals surface area contributed by atoms with Crippen molar-refractivity contribution in [2.45, 2.75) is 20.8 Å². The Bertz CT molecular complexity index is 609. The number of fused-ring (bicyclic) bond motifs is 1. The van der Waals surface area contributed by atoms with Crippen molar-refractivity contribution in [2.75, 3.05) is 31.5 Å². The van der Waals surface area contributed by atoms with E-state index in [9.17, 15) is 9.59 Å². The van der Waals surface area contributed by atoms with Crippen LogP contribution in [-0.2, 0) is 4.79 Å². The SMILES string of the molecule is CC(C)(C)C(=O)Nc1ccccc1C(=O)N1C[C@H]2CNC[C@H]2C1. The molecule has 5 nitrogen and oxygen atoms in total. The fourth-order valence-electron chi connectivity index (χ4n) is 3.28. The molecule has 2 fully saturated rings. The summed E-state index contributed by atoms with van der Waals surface area (Å²) in [6.45, 7) is 9.19. The number of anilines is 1. The zero-order chi connectivity index (χ0) is 16.6. The van der Waals surface area contributed by atoms with Crippen molar-refractivity contribution in [1.29, 1.82) is 0 Å². The molecule has 0 saturated carbocycles. The van der Waals surface area contributed by atoms with Crippen LogP contribution in [0.2, 0.25) is 0 Å². The van der Waals surface area contributed by atoms with Gasteiger partial charge in [-0.1, -0.05) is 32.9 Å². The van der Waals surface area contributed by atoms with E-state index in [0.717, 1.165) is 26.2 Å². The summed E-state index contributed by atoms with van der Waals surface area (Å²) in [6.07, 6.45) is 0. The molecule has 0 aliphatic carbocycles. The normalized spacial score (nSPS) is 23.7. The molecule has 3 rings (SSSR count). The van der Waals surface area contributed by atoms with Crippen molar-refractivity contribution >= 4 is 17.5 Å². The maximum atomic E-state index is 12.9. The van der Waals surface area contributed by atoms with Gasteiger partial charge in [-0.2, -0.15) is 0 Å². The number of para-hydroxylation sites is 1. The highest BCUT2D eigenvalue weighted by molar-refractivity contribution is 6.04. The third-order valence-corrected chi connectivity index (χ3v) is 4.76. The Kier molecular flexibility index (Phi) is 4.15. The van der Waals surface area contributed by atoms with E-state index in [1.165, 1.54) is 0 Å². The minimum absolute atomic E-state index is 0.0178. The lowest BCUT2D eigenvalue weighted by Crippen LogP contribution is -2.33. The van der Waals surface area contributed by atoms with Crippen LogP contribution in [0.15, 0.2) is 24.3 Å². The molecule has 2 atom stereocenters. The summed E-state index contributed by atoms with van der Waals surface area (Å²) in [5.74, 6) is 1.06. The quantitative estimate of drug-likeness (QED) is 0.877. The third-order valence-electron chi connectivity index (χ3n) is 4.76. The van der Waals surface area contributed by atoms with Crippen molar-refractivity contribution < 1.29 is 9.59 Å². The lowest BCUT2D eigenvalue weighted by atomic mass is 9.95. The number of nitrogens with zero attached hydrogens (tertiary/aromatic N) is 1. The fourth-order valence-corrected chi connectivity index (χ4v) is 3.28. The largest absolute Gasteiger partial charge is 0.338 e. The number of carbonyl (C=O) groups excluding carboxylic acids is 2. The van der Waals surface area contributed by atoms with E-state index >= 15 is 0 Å². The molecule has 0 spiro atoms. The third kappa shape index (κ3) is 3.24. The molecule has 1 aromatic carbocycles. The first-order chi connectivity index (χ1) is 10.9. The van der Waals surface area contributed by atoms with Gasteiger partial charge in [-0.25, -0.2) is 0 Å². The van der Waals surface area contributed by atoms with E-state index in [2.05, 4.69) is 10.6 Å². The van der Waals surface area contributed by atoms with Gasteiger partial charge in [0.05, 0.1) is 11.3 Å². The number of rotatable bonds is 2. The first kappa shape index (κ1) is 16.0. The van der Waals surface area contributed by atoms with Crippen LogP contribution >= 0.6 is 0 Å². The van der Waals surface area contributed by atoms with Crippen molar-refractivity contribution in [3.05, 3.63) is 29.8 Å². The number of carbonyl (C=O) groups is 2. The van der Waals surface area contributed by atoms with Crippen molar-refractivity contribution in [2.24, 2.45) is 17.3 Å². The molecule has 2 N–H and O–H groups in total. The maximum absolute atomic E-state index is 12.9. The monoisotopic (exact) mass is 315 g/mol. The average Bonchev–Trinajstić information content (AvgIpc) is 3.07. The molecule has 2 amide bonds. The molecule has 0 unspecified atom stereocenters. The van der Waals surface area contributed by atoms with Gasteiger partial charge in [-0.05, 0) is 24.0 Å². The van der Waals surface area contributed by atoms with Gasteiger partial charge in [0.25, 0.3) is 5.91 Å². The summed E-state index contributed by atoms with van der Waals surface area (Å²) < 4.78 is 0. The minimum Gasteiger partial charge on any atom is -0.338 e. The molecule has 5 heteroatoms. The molecular weight excluding hydrogens is 290 g/mol. The molecule has 2 aliphatic heterocycles. The predicted octanol–water partition coefficient (Wildman–Crippen LogP) is 1.96. The summed E-state index contributed by atoms with van der Waals surface area (Å²) in [7, 11) is 0. The number of benzene rings is 1. The molecule has 2 saturated heterocycles. The Morgan fingerprint density at radius 1 is 1.13 bits per heavy atom. The molecular formula is C18H25N3O2. The Labute approximate surface area is 137 Å². The number of amides is 2. The lowest BCUT2D eigenvalue weighted by Gasteiger charge is -2.22. The number of likely N-dealkylation sites (tertiary alicyclic amines) is 1. The van der Waals surface area contributed by atoms with Crippen LogP contribution in [0.25, 0.3) is 0 Å². The summed E-state index contributed by atoms with van der Waals surface area (Å²) in [5, 5.41) is 6.29. The Balaban J connectivity index is 1.77. The van der Waals surface area contributed by atoms with E-state index in [4.69, 9.17) is 0 Å². The summed E-state index contributed by atoms with van der Waals surface area (Å²) in [6, 6.07) is 7.29. The van der Waals surface area contributed by atoms with Crippen LogP contribution in [0, 0.1) is 17.3 Å². The van der Waals surface area contributed by atoms with E-state index in [-0.39, 0.29) is 11.8 Å². The second-order valence-electron chi connectivity index (χ2n) is 7.64. The lowest BCUT2D eigenvalue weighted by molar-refractivity contribution is -0.123. The molecule has 23 heavy (non-hydrogen) atoms. The fraction of sp³-hybridized carbons (Fsp3) is 0.556. The Hall–Kier alpha value is -1.88. The van der Waals surface area contributed by atoms with Gasteiger partial charge in [-0.15, -0.1) is 0 Å². The summed E-state index contributed by atoms with van der Waals surface area (Å²) in [5.41, 5.74) is 0.692. The van der Waals surface area contributed by atoms with Crippen LogP contribution < -0.4 is 10.6 Å². The standard InChI is InChI=1S/C18H25N3O2/c1-18(2,3)17(23)20-15-7-5-4-6-14(15)16(22)21-10-12-8-19-9-13(12)11-21/h4-7,12-13,19H,8-11H2,1-3H3,(H,20,23)/t12-,13+. The van der Waals surface area contributed by atoms with E-state index in [1.807, 2.05) is 37.8 Å². The van der Waals surface area contributed by atoms with Gasteiger partial charge >= 0.3 is 0 Å². The Morgan fingerprint density at radius 3 is 2.35 bits per heavy atom. The average molecular weight is 315 g/mol. The zero-order valence-electron chi connectivity index (χ0n) is 14.1. The minimum atomic E-state index is -0.494. The van der Waals surface area contributed by atoms with Gasteiger partial charge < -0.3 is 15.5 Å². The highest BCUT2D eigenvalue weighted by Crippen LogP contribution is 2.29. The van der Waals surface area contributed by atoms with Crippen LogP contribution in [-0.4, -0.2) is 42.9 Å². The number of hydrogen-bond donors (Lipinski definition) is 2. The van der Waals surface area contributed by atoms with Gasteiger partial charge in [0.1, 0.15) is 0 Å². The van der Waals surface area contributed by atoms with E-state index < -0.39 is 5.41 Å². The van der Waals surface area contributed by atoms with Crippen LogP contribution in [0.4, 0.5) is 5.69 Å². The summed E-state index contributed by atoms with van der Waals surface area (Å²) in [4.78, 5) is 27.1. The van der Waals surface area contributed by atoms with E-state index in [1.54, 1.807) is 12.1 Å².